The van der Waals surface area contributed by atoms with Crippen LogP contribution in [0.5, 0.6) is 51.7 Å². The Balaban J connectivity index is 0. The molecule has 7 aromatic carbocycles. The van der Waals surface area contributed by atoms with Gasteiger partial charge in [0.05, 0.1) is 21.3 Å². The third-order valence-corrected chi connectivity index (χ3v) is 12.9. The Hall–Kier alpha value is -13.1. The zero-order valence-corrected chi connectivity index (χ0v) is 65.9. The monoisotopic (exact) mass is 1520 g/mol. The van der Waals surface area contributed by atoms with Crippen molar-refractivity contribution in [1.82, 2.24) is 0 Å². The minimum absolute atomic E-state index is 0.000868. The number of ketones is 9. The summed E-state index contributed by atoms with van der Waals surface area (Å²) in [6, 6.07) is 45.3. The number of esters is 3. The van der Waals surface area contributed by atoms with Crippen LogP contribution in [0.4, 0.5) is 0 Å². The highest BCUT2D eigenvalue weighted by Gasteiger charge is 2.11. The molecule has 7 aromatic rings. The Labute approximate surface area is 650 Å². The molecule has 0 fully saturated rings. The molecular weight excluding hydrogens is 1420 g/mol. The molecule has 0 bridgehead atoms. The average Bonchev–Trinajstić information content (AvgIpc) is 0.864. The molecule has 7 rings (SSSR count). The molecule has 0 saturated carbocycles. The maximum atomic E-state index is 11.0. The predicted molar refractivity (Wildman–Crippen MR) is 434 cm³/mol. The summed E-state index contributed by atoms with van der Waals surface area (Å²) in [5.74, 6) is 2.06. The van der Waals surface area contributed by atoms with Gasteiger partial charge in [-0.05, 0) is 223 Å². The molecule has 0 radical (unpaired) electrons. The lowest BCUT2D eigenvalue weighted by molar-refractivity contribution is -0.134. The molecule has 0 aliphatic heterocycles. The highest BCUT2D eigenvalue weighted by molar-refractivity contribution is 5.95. The minimum atomic E-state index is -0.527. The van der Waals surface area contributed by atoms with Crippen LogP contribution in [0, 0.1) is 5.92 Å². The fourth-order valence-electron chi connectivity index (χ4n) is 7.20. The van der Waals surface area contributed by atoms with Gasteiger partial charge in [-0.2, -0.15) is 0 Å². The van der Waals surface area contributed by atoms with Crippen molar-refractivity contribution in [3.05, 3.63) is 239 Å². The van der Waals surface area contributed by atoms with Crippen molar-refractivity contribution in [1.29, 1.82) is 0 Å². The molecule has 111 heavy (non-hydrogen) atoms. The SMILES string of the molecule is CC(=O)/C=C/c1ccc(O)c(O)c1.CC(=O)/C=C/c1ccc(O)cc1.CC(=O)/C=C/c1ccc(OC(C)=O)c(OC(C)=O)c1.CC(=O)/C=C/c1ccc(OC(C)=O)cc1.CC(=O)/C=C/c1ccccc1.CC(=O)C(C)C.CC(=O)CCCO.COc1ccc(/C=C/C(C)=O)cc1.COc1ccc(/C=C/C(C)=O)cc1OC. The van der Waals surface area contributed by atoms with E-state index >= 15 is 0 Å². The summed E-state index contributed by atoms with van der Waals surface area (Å²) in [5, 5.41) is 35.2. The summed E-state index contributed by atoms with van der Waals surface area (Å²) >= 11 is 0. The number of phenols is 3. The fraction of sp³-hybridized carbons (Fsp3) is 0.236. The van der Waals surface area contributed by atoms with Crippen LogP contribution in [-0.4, -0.2) is 118 Å². The number of carbonyl (C=O) groups excluding carboxylic acids is 12. The molecular formula is C89H102O22. The molecule has 0 aliphatic carbocycles. The van der Waals surface area contributed by atoms with Gasteiger partial charge >= 0.3 is 17.9 Å². The molecule has 0 spiro atoms. The Bertz CT molecular complexity index is 4320. The van der Waals surface area contributed by atoms with E-state index in [0.717, 1.165) is 33.6 Å². The summed E-state index contributed by atoms with van der Waals surface area (Å²) in [5.41, 5.74) is 6.08. The number of hydrogen-bond acceptors (Lipinski definition) is 22. The van der Waals surface area contributed by atoms with Crippen molar-refractivity contribution in [3.63, 3.8) is 0 Å². The van der Waals surface area contributed by atoms with E-state index in [4.69, 9.17) is 48.8 Å². The van der Waals surface area contributed by atoms with Crippen molar-refractivity contribution in [3.8, 4) is 51.7 Å². The number of Topliss-reactive ketones (excluding diaryl/α,β-unsaturated/α-hetero) is 2. The van der Waals surface area contributed by atoms with E-state index in [0.29, 0.717) is 41.2 Å². The van der Waals surface area contributed by atoms with Gasteiger partial charge in [0.2, 0.25) is 0 Å². The van der Waals surface area contributed by atoms with E-state index in [1.807, 2.05) is 86.7 Å². The van der Waals surface area contributed by atoms with Crippen LogP contribution in [0.25, 0.3) is 42.5 Å². The Kier molecular flexibility index (Phi) is 53.2. The Morgan fingerprint density at radius 2 is 0.631 bits per heavy atom. The van der Waals surface area contributed by atoms with Crippen LogP contribution in [-0.2, 0) is 57.5 Å². The number of phenolic OH excluding ortho intramolecular Hbond substituents is 3. The zero-order valence-electron chi connectivity index (χ0n) is 65.9. The molecule has 22 heteroatoms. The normalized spacial score (nSPS) is 10.2. The number of benzene rings is 7. The Morgan fingerprint density at radius 3 is 0.946 bits per heavy atom. The van der Waals surface area contributed by atoms with Gasteiger partial charge in [0.25, 0.3) is 0 Å². The lowest BCUT2D eigenvalue weighted by Gasteiger charge is -2.09. The van der Waals surface area contributed by atoms with Gasteiger partial charge in [0.15, 0.2) is 75.0 Å². The molecule has 0 saturated heterocycles. The van der Waals surface area contributed by atoms with E-state index in [-0.39, 0.29) is 99.3 Å². The second kappa shape index (κ2) is 59.0. The maximum absolute atomic E-state index is 11.0. The van der Waals surface area contributed by atoms with Gasteiger partial charge in [-0.15, -0.1) is 0 Å². The van der Waals surface area contributed by atoms with Crippen molar-refractivity contribution < 1.29 is 106 Å². The van der Waals surface area contributed by atoms with Gasteiger partial charge in [-0.3, -0.25) is 52.7 Å². The number of aromatic hydroxyl groups is 3. The van der Waals surface area contributed by atoms with Crippen molar-refractivity contribution >= 4 is 112 Å². The van der Waals surface area contributed by atoms with Crippen LogP contribution >= 0.6 is 0 Å². The molecule has 0 amide bonds. The van der Waals surface area contributed by atoms with E-state index in [9.17, 15) is 57.5 Å². The number of hydrogen-bond donors (Lipinski definition) is 4. The quantitative estimate of drug-likeness (QED) is 0.0189. The first-order valence-corrected chi connectivity index (χ1v) is 34.3. The van der Waals surface area contributed by atoms with Crippen LogP contribution in [0.2, 0.25) is 0 Å². The first-order chi connectivity index (χ1) is 52.3. The largest absolute Gasteiger partial charge is 0.508 e. The number of aliphatic hydroxyl groups is 1. The number of carbonyl (C=O) groups is 12. The first-order valence-electron chi connectivity index (χ1n) is 34.3. The number of methoxy groups -OCH3 is 3. The van der Waals surface area contributed by atoms with Gasteiger partial charge < -0.3 is 53.6 Å². The van der Waals surface area contributed by atoms with E-state index in [2.05, 4.69) is 0 Å². The lowest BCUT2D eigenvalue weighted by atomic mass is 10.1. The fourth-order valence-corrected chi connectivity index (χ4v) is 7.20. The average molecular weight is 1520 g/mol. The summed E-state index contributed by atoms with van der Waals surface area (Å²) in [7, 11) is 4.79. The van der Waals surface area contributed by atoms with Gasteiger partial charge in [0, 0.05) is 39.7 Å². The number of aliphatic hydroxyl groups excluding tert-OH is 1. The van der Waals surface area contributed by atoms with Gasteiger partial charge in [-0.25, -0.2) is 0 Å². The number of rotatable bonds is 24. The molecule has 4 N–H and O–H groups in total. The minimum Gasteiger partial charge on any atom is -0.508 e. The van der Waals surface area contributed by atoms with E-state index in [1.165, 1.54) is 124 Å². The van der Waals surface area contributed by atoms with Crippen LogP contribution < -0.4 is 28.4 Å². The van der Waals surface area contributed by atoms with Gasteiger partial charge in [-0.1, -0.05) is 141 Å². The standard InChI is InChI=1S/C14H14O5.C12H14O3.C12H12O3.C11H12O2.C10H10O3.C10H10O2.C10H10O.C5H10O2.C5H10O/c1-9(15)4-5-12-6-7-13(18-10(2)16)14(8-12)19-11(3)17;1-9(13)4-5-10-6-7-11(14-2)12(8-10)15-3;1-9(13)3-4-11-5-7-12(8-6-11)15-10(2)14;1-9(12)3-4-10-5-7-11(13-2)8-6-10;1-7(11)2-3-8-4-5-9(12)10(13)6-8;1-8(11)2-3-9-4-6-10(12)7-5-9;1-9(11)7-8-10-5-3-2-4-6-10;1-5(7)3-2-4-6;1-4(2)5(3)6/h4-8H,1-3H3;4-8H,1-3H3;3-8H,1-2H3;3-8H,1-2H3;2-6,12-13H,1H3;2-7,12H,1H3;2-8H,1H3;6H,2-4H2,1H3;4H,1-3H3/b2*5-4+;2*4-3+;2*3-2+;8-7+;;. The molecule has 0 aliphatic rings. The zero-order chi connectivity index (χ0) is 84.4. The van der Waals surface area contributed by atoms with Crippen LogP contribution in [0.15, 0.2) is 200 Å². The first kappa shape index (κ1) is 100.0. The van der Waals surface area contributed by atoms with Crippen LogP contribution in [0.3, 0.4) is 0 Å². The molecule has 0 unspecified atom stereocenters. The number of ether oxygens (including phenoxy) is 6. The summed E-state index contributed by atoms with van der Waals surface area (Å²) < 4.78 is 30.0. The number of allylic oxidation sites excluding steroid dienone is 7. The molecule has 0 atom stereocenters. The maximum Gasteiger partial charge on any atom is 0.308 e. The third-order valence-electron chi connectivity index (χ3n) is 12.9. The van der Waals surface area contributed by atoms with Crippen molar-refractivity contribution in [2.45, 2.75) is 110 Å². The summed E-state index contributed by atoms with van der Waals surface area (Å²) in [6.45, 7) is 21.3. The molecule has 22 nitrogen and oxygen atoms in total. The smallest absolute Gasteiger partial charge is 0.308 e. The van der Waals surface area contributed by atoms with Crippen molar-refractivity contribution in [2.75, 3.05) is 27.9 Å². The second-order valence-electron chi connectivity index (χ2n) is 23.6. The molecule has 0 aromatic heterocycles. The summed E-state index contributed by atoms with van der Waals surface area (Å²) in [6.07, 6.45) is 23.4. The highest BCUT2D eigenvalue weighted by atomic mass is 16.6. The van der Waals surface area contributed by atoms with Crippen LogP contribution in [0.1, 0.15) is 149 Å². The third kappa shape index (κ3) is 56.0. The second-order valence-corrected chi connectivity index (χ2v) is 23.6. The van der Waals surface area contributed by atoms with E-state index < -0.39 is 11.9 Å². The molecule has 0 heterocycles. The van der Waals surface area contributed by atoms with E-state index in [1.54, 1.807) is 151 Å². The van der Waals surface area contributed by atoms with Gasteiger partial charge in [0.1, 0.15) is 28.8 Å². The highest BCUT2D eigenvalue weighted by Crippen LogP contribution is 2.30. The van der Waals surface area contributed by atoms with Crippen molar-refractivity contribution in [2.24, 2.45) is 5.92 Å². The lowest BCUT2D eigenvalue weighted by Crippen LogP contribution is -2.07. The predicted octanol–water partition coefficient (Wildman–Crippen LogP) is 16.5. The topological polar surface area (TPSA) is 341 Å². The summed E-state index contributed by atoms with van der Waals surface area (Å²) in [4.78, 5) is 127. The molecule has 590 valence electrons. The Morgan fingerprint density at radius 1 is 0.324 bits per heavy atom.